The molecule has 0 atom stereocenters. The normalized spacial score (nSPS) is 11.3. The molecule has 0 aliphatic heterocycles. The van der Waals surface area contributed by atoms with Crippen LogP contribution in [0.15, 0.2) is 42.5 Å². The van der Waals surface area contributed by atoms with Gasteiger partial charge in [-0.2, -0.15) is 0 Å². The number of hydrogen-bond donors (Lipinski definition) is 1. The summed E-state index contributed by atoms with van der Waals surface area (Å²) in [5.74, 6) is -0.790. The molecule has 0 saturated carbocycles. The molecule has 2 aromatic carbocycles. The van der Waals surface area contributed by atoms with Crippen molar-refractivity contribution in [2.45, 2.75) is 12.9 Å². The van der Waals surface area contributed by atoms with Crippen molar-refractivity contribution >= 4 is 17.3 Å². The average molecular weight is 320 g/mol. The summed E-state index contributed by atoms with van der Waals surface area (Å²) in [4.78, 5) is 0. The zero-order valence-corrected chi connectivity index (χ0v) is 11.3. The number of anilines is 1. The summed E-state index contributed by atoms with van der Waals surface area (Å²) in [5.41, 5.74) is 0.718. The quantitative estimate of drug-likeness (QED) is 0.802. The van der Waals surface area contributed by atoms with Gasteiger partial charge in [0.25, 0.3) is 0 Å². The van der Waals surface area contributed by atoms with Gasteiger partial charge in [-0.15, -0.1) is 13.2 Å². The summed E-state index contributed by atoms with van der Waals surface area (Å²) >= 11 is 5.83. The minimum atomic E-state index is -4.76. The number of hydrogen-bond acceptors (Lipinski definition) is 2. The minimum Gasteiger partial charge on any atom is -0.405 e. The van der Waals surface area contributed by atoms with E-state index >= 15 is 0 Å². The lowest BCUT2D eigenvalue weighted by molar-refractivity contribution is -0.274. The van der Waals surface area contributed by atoms with E-state index in [0.717, 1.165) is 6.07 Å². The van der Waals surface area contributed by atoms with Crippen LogP contribution >= 0.6 is 11.6 Å². The van der Waals surface area contributed by atoms with Gasteiger partial charge in [-0.05, 0) is 24.3 Å². The molecule has 112 valence electrons. The molecule has 0 unspecified atom stereocenters. The Morgan fingerprint density at radius 2 is 1.81 bits per heavy atom. The fraction of sp³-hybridized carbons (Fsp3) is 0.143. The summed E-state index contributed by atoms with van der Waals surface area (Å²) in [6.07, 6.45) is -4.76. The first-order valence-electron chi connectivity index (χ1n) is 5.88. The average Bonchev–Trinajstić information content (AvgIpc) is 2.37. The van der Waals surface area contributed by atoms with Crippen molar-refractivity contribution in [2.24, 2.45) is 0 Å². The Labute approximate surface area is 123 Å². The van der Waals surface area contributed by atoms with Crippen molar-refractivity contribution < 1.29 is 22.3 Å². The van der Waals surface area contributed by atoms with Crippen LogP contribution in [-0.2, 0) is 6.54 Å². The maximum Gasteiger partial charge on any atom is 0.573 e. The van der Waals surface area contributed by atoms with Crippen LogP contribution in [0.4, 0.5) is 23.2 Å². The van der Waals surface area contributed by atoms with E-state index in [1.165, 1.54) is 30.3 Å². The molecule has 1 N–H and O–H groups in total. The molecule has 21 heavy (non-hydrogen) atoms. The Bertz CT molecular complexity index is 631. The van der Waals surface area contributed by atoms with E-state index in [1.807, 2.05) is 0 Å². The third-order valence-corrected chi connectivity index (χ3v) is 2.91. The van der Waals surface area contributed by atoms with Gasteiger partial charge in [0.1, 0.15) is 11.6 Å². The fourth-order valence-corrected chi connectivity index (χ4v) is 1.93. The monoisotopic (exact) mass is 319 g/mol. The van der Waals surface area contributed by atoms with E-state index in [-0.39, 0.29) is 17.3 Å². The summed E-state index contributed by atoms with van der Waals surface area (Å²) in [6.45, 7) is 0.0532. The number of benzene rings is 2. The van der Waals surface area contributed by atoms with Crippen LogP contribution in [0, 0.1) is 5.82 Å². The predicted octanol–water partition coefficient (Wildman–Crippen LogP) is 4.99. The molecular weight excluding hydrogens is 310 g/mol. The molecule has 7 heteroatoms. The van der Waals surface area contributed by atoms with Gasteiger partial charge in [0, 0.05) is 12.1 Å². The van der Waals surface area contributed by atoms with Crippen LogP contribution in [0.1, 0.15) is 5.56 Å². The molecule has 2 aromatic rings. The number of nitrogens with one attached hydrogen (secondary N) is 1. The van der Waals surface area contributed by atoms with Crippen molar-refractivity contribution in [3.63, 3.8) is 0 Å². The van der Waals surface area contributed by atoms with Crippen molar-refractivity contribution in [2.75, 3.05) is 5.32 Å². The minimum absolute atomic E-state index is 0.0532. The van der Waals surface area contributed by atoms with E-state index < -0.39 is 12.2 Å². The zero-order chi connectivity index (χ0) is 15.5. The standard InChI is InChI=1S/C14H10ClF4NO/c15-11-7-10(16)5-6-12(11)20-8-9-3-1-2-4-13(9)21-14(17,18)19/h1-7,20H,8H2. The predicted molar refractivity (Wildman–Crippen MR) is 71.9 cm³/mol. The topological polar surface area (TPSA) is 21.3 Å². The SMILES string of the molecule is Fc1ccc(NCc2ccccc2OC(F)(F)F)c(Cl)c1. The molecular formula is C14H10ClF4NO. The summed E-state index contributed by atoms with van der Waals surface area (Å²) in [5, 5.41) is 2.98. The molecule has 2 nitrogen and oxygen atoms in total. The number of alkyl halides is 3. The molecule has 0 aliphatic carbocycles. The number of para-hydroxylation sites is 1. The highest BCUT2D eigenvalue weighted by Crippen LogP contribution is 2.28. The second kappa shape index (κ2) is 6.22. The Kier molecular flexibility index (Phi) is 4.57. The van der Waals surface area contributed by atoms with Crippen LogP contribution in [0.3, 0.4) is 0 Å². The van der Waals surface area contributed by atoms with Crippen LogP contribution in [-0.4, -0.2) is 6.36 Å². The van der Waals surface area contributed by atoms with E-state index in [1.54, 1.807) is 6.07 Å². The Morgan fingerprint density at radius 1 is 1.10 bits per heavy atom. The Balaban J connectivity index is 2.13. The lowest BCUT2D eigenvalue weighted by atomic mass is 10.2. The first-order chi connectivity index (χ1) is 9.85. The van der Waals surface area contributed by atoms with Crippen LogP contribution in [0.25, 0.3) is 0 Å². The highest BCUT2D eigenvalue weighted by Gasteiger charge is 2.31. The molecule has 0 fully saturated rings. The van der Waals surface area contributed by atoms with Gasteiger partial charge in [0.05, 0.1) is 10.7 Å². The Morgan fingerprint density at radius 3 is 2.48 bits per heavy atom. The molecule has 0 heterocycles. The first kappa shape index (κ1) is 15.4. The molecule has 0 saturated heterocycles. The molecule has 0 radical (unpaired) electrons. The Hall–Kier alpha value is -1.95. The molecule has 0 amide bonds. The molecule has 0 bridgehead atoms. The number of halogens is 5. The van der Waals surface area contributed by atoms with E-state index in [9.17, 15) is 17.6 Å². The molecule has 0 aromatic heterocycles. The van der Waals surface area contributed by atoms with Gasteiger partial charge < -0.3 is 10.1 Å². The zero-order valence-electron chi connectivity index (χ0n) is 10.5. The van der Waals surface area contributed by atoms with E-state index in [0.29, 0.717) is 11.3 Å². The first-order valence-corrected chi connectivity index (χ1v) is 6.25. The largest absolute Gasteiger partial charge is 0.573 e. The van der Waals surface area contributed by atoms with Crippen molar-refractivity contribution in [1.82, 2.24) is 0 Å². The lowest BCUT2D eigenvalue weighted by Crippen LogP contribution is -2.18. The number of rotatable bonds is 4. The van der Waals surface area contributed by atoms with E-state index in [2.05, 4.69) is 10.1 Å². The van der Waals surface area contributed by atoms with E-state index in [4.69, 9.17) is 11.6 Å². The summed E-state index contributed by atoms with van der Waals surface area (Å²) in [7, 11) is 0. The highest BCUT2D eigenvalue weighted by molar-refractivity contribution is 6.33. The molecule has 0 aliphatic rings. The highest BCUT2D eigenvalue weighted by atomic mass is 35.5. The maximum atomic E-state index is 12.9. The smallest absolute Gasteiger partial charge is 0.405 e. The summed E-state index contributed by atoms with van der Waals surface area (Å²) in [6, 6.07) is 9.46. The van der Waals surface area contributed by atoms with Gasteiger partial charge in [0.15, 0.2) is 0 Å². The van der Waals surface area contributed by atoms with Gasteiger partial charge >= 0.3 is 6.36 Å². The number of ether oxygens (including phenoxy) is 1. The van der Waals surface area contributed by atoms with Crippen molar-refractivity contribution in [3.8, 4) is 5.75 Å². The second-order valence-electron chi connectivity index (χ2n) is 4.13. The van der Waals surface area contributed by atoms with Gasteiger partial charge in [0.2, 0.25) is 0 Å². The van der Waals surface area contributed by atoms with Crippen molar-refractivity contribution in [3.05, 3.63) is 58.9 Å². The fourth-order valence-electron chi connectivity index (χ4n) is 1.70. The summed E-state index contributed by atoms with van der Waals surface area (Å²) < 4.78 is 53.7. The third-order valence-electron chi connectivity index (χ3n) is 2.60. The molecule has 0 spiro atoms. The second-order valence-corrected chi connectivity index (χ2v) is 4.54. The van der Waals surface area contributed by atoms with Gasteiger partial charge in [-0.25, -0.2) is 4.39 Å². The van der Waals surface area contributed by atoms with Gasteiger partial charge in [-0.1, -0.05) is 29.8 Å². The van der Waals surface area contributed by atoms with Crippen LogP contribution < -0.4 is 10.1 Å². The van der Waals surface area contributed by atoms with Crippen LogP contribution in [0.2, 0.25) is 5.02 Å². The van der Waals surface area contributed by atoms with Crippen molar-refractivity contribution in [1.29, 1.82) is 0 Å². The van der Waals surface area contributed by atoms with Gasteiger partial charge in [-0.3, -0.25) is 0 Å². The van der Waals surface area contributed by atoms with Crippen LogP contribution in [0.5, 0.6) is 5.75 Å². The maximum absolute atomic E-state index is 12.9. The lowest BCUT2D eigenvalue weighted by Gasteiger charge is -2.14. The third kappa shape index (κ3) is 4.53. The molecule has 2 rings (SSSR count).